The number of rotatable bonds is 6. The molecule has 1 amide bonds. The molecule has 2 atom stereocenters. The molecule has 2 aliphatic rings. The summed E-state index contributed by atoms with van der Waals surface area (Å²) in [6.07, 6.45) is 6.39. The monoisotopic (exact) mass is 240 g/mol. The lowest BCUT2D eigenvalue weighted by molar-refractivity contribution is -0.175. The maximum Gasteiger partial charge on any atom is 0.220 e. The number of hydrogen-bond acceptors (Lipinski definition) is 3. The minimum atomic E-state index is 0.154. The molecule has 0 aliphatic heterocycles. The predicted octanol–water partition coefficient (Wildman–Crippen LogP) is 1.19. The van der Waals surface area contributed by atoms with Crippen molar-refractivity contribution in [2.45, 2.75) is 57.6 Å². The fraction of sp³-hybridized carbons (Fsp3) is 0.923. The van der Waals surface area contributed by atoms with E-state index < -0.39 is 0 Å². The molecule has 2 saturated carbocycles. The van der Waals surface area contributed by atoms with Gasteiger partial charge in [-0.25, -0.2) is 0 Å². The van der Waals surface area contributed by atoms with Crippen LogP contribution in [-0.2, 0) is 9.53 Å². The van der Waals surface area contributed by atoms with Gasteiger partial charge in [0.1, 0.15) is 0 Å². The third kappa shape index (κ3) is 2.33. The van der Waals surface area contributed by atoms with Crippen LogP contribution in [0.25, 0.3) is 0 Å². The fourth-order valence-corrected chi connectivity index (χ4v) is 3.17. The van der Waals surface area contributed by atoms with E-state index in [4.69, 9.17) is 10.5 Å². The molecule has 0 aromatic carbocycles. The summed E-state index contributed by atoms with van der Waals surface area (Å²) in [4.78, 5) is 11.7. The summed E-state index contributed by atoms with van der Waals surface area (Å²) >= 11 is 0. The first kappa shape index (κ1) is 12.8. The Balaban J connectivity index is 1.81. The van der Waals surface area contributed by atoms with Crippen LogP contribution in [0.15, 0.2) is 0 Å². The molecule has 17 heavy (non-hydrogen) atoms. The van der Waals surface area contributed by atoms with Crippen LogP contribution in [0.1, 0.15) is 45.4 Å². The van der Waals surface area contributed by atoms with Crippen LogP contribution >= 0.6 is 0 Å². The van der Waals surface area contributed by atoms with Crippen molar-refractivity contribution in [1.29, 1.82) is 0 Å². The highest BCUT2D eigenvalue weighted by Crippen LogP contribution is 2.57. The van der Waals surface area contributed by atoms with Gasteiger partial charge in [-0.3, -0.25) is 4.79 Å². The molecule has 4 nitrogen and oxygen atoms in total. The molecule has 98 valence electrons. The highest BCUT2D eigenvalue weighted by molar-refractivity contribution is 5.76. The predicted molar refractivity (Wildman–Crippen MR) is 66.5 cm³/mol. The molecule has 4 heteroatoms. The van der Waals surface area contributed by atoms with Crippen LogP contribution in [0.4, 0.5) is 0 Å². The normalized spacial score (nSPS) is 29.5. The molecule has 0 aromatic rings. The number of amides is 1. The van der Waals surface area contributed by atoms with E-state index in [1.807, 2.05) is 6.92 Å². The number of carbonyl (C=O) groups excluding carboxylic acids is 1. The van der Waals surface area contributed by atoms with Gasteiger partial charge in [0, 0.05) is 24.5 Å². The zero-order valence-corrected chi connectivity index (χ0v) is 10.7. The Morgan fingerprint density at radius 1 is 1.53 bits per heavy atom. The van der Waals surface area contributed by atoms with Crippen LogP contribution < -0.4 is 11.1 Å². The average Bonchev–Trinajstić information content (AvgIpc) is 2.22. The molecular weight excluding hydrogens is 216 g/mol. The Morgan fingerprint density at radius 2 is 2.29 bits per heavy atom. The van der Waals surface area contributed by atoms with Crippen LogP contribution in [0.3, 0.4) is 0 Å². The first-order valence-electron chi connectivity index (χ1n) is 6.84. The summed E-state index contributed by atoms with van der Waals surface area (Å²) in [5.74, 6) is 0.154. The van der Waals surface area contributed by atoms with Crippen molar-refractivity contribution in [2.75, 3.05) is 13.2 Å². The lowest BCUT2D eigenvalue weighted by Crippen LogP contribution is -2.67. The van der Waals surface area contributed by atoms with E-state index in [2.05, 4.69) is 5.32 Å². The van der Waals surface area contributed by atoms with Gasteiger partial charge < -0.3 is 15.8 Å². The molecule has 2 fully saturated rings. The molecule has 2 unspecified atom stereocenters. The molecule has 0 heterocycles. The second-order valence-corrected chi connectivity index (χ2v) is 5.28. The van der Waals surface area contributed by atoms with E-state index >= 15 is 0 Å². The fourth-order valence-electron chi connectivity index (χ4n) is 3.17. The summed E-state index contributed by atoms with van der Waals surface area (Å²) in [6, 6.07) is 0.345. The Kier molecular flexibility index (Phi) is 4.05. The van der Waals surface area contributed by atoms with Gasteiger partial charge in [-0.2, -0.15) is 0 Å². The molecular formula is C13H24N2O2. The summed E-state index contributed by atoms with van der Waals surface area (Å²) in [5.41, 5.74) is 5.68. The van der Waals surface area contributed by atoms with Crippen LogP contribution in [0, 0.1) is 5.41 Å². The standard InChI is InChI=1S/C13H24N2O2/c1-2-17-11-9-10(13(11)6-4-7-13)15-12(16)5-3-8-14/h10-11H,2-9,14H2,1H3,(H,15,16). The van der Waals surface area contributed by atoms with Gasteiger partial charge in [0.05, 0.1) is 6.10 Å². The van der Waals surface area contributed by atoms with Crippen molar-refractivity contribution in [3.63, 3.8) is 0 Å². The molecule has 0 bridgehead atoms. The number of nitrogens with two attached hydrogens (primary N) is 1. The lowest BCUT2D eigenvalue weighted by atomic mass is 9.51. The number of ether oxygens (including phenoxy) is 1. The van der Waals surface area contributed by atoms with Gasteiger partial charge in [-0.05, 0) is 39.2 Å². The topological polar surface area (TPSA) is 64.3 Å². The van der Waals surface area contributed by atoms with Crippen molar-refractivity contribution in [1.82, 2.24) is 5.32 Å². The first-order valence-corrected chi connectivity index (χ1v) is 6.84. The average molecular weight is 240 g/mol. The van der Waals surface area contributed by atoms with E-state index in [9.17, 15) is 4.79 Å². The number of carbonyl (C=O) groups is 1. The maximum atomic E-state index is 11.7. The highest BCUT2D eigenvalue weighted by Gasteiger charge is 2.59. The van der Waals surface area contributed by atoms with Crippen LogP contribution in [0.2, 0.25) is 0 Å². The molecule has 0 saturated heterocycles. The highest BCUT2D eigenvalue weighted by atomic mass is 16.5. The molecule has 2 aliphatic carbocycles. The molecule has 3 N–H and O–H groups in total. The summed E-state index contributed by atoms with van der Waals surface area (Å²) in [7, 11) is 0. The van der Waals surface area contributed by atoms with Crippen LogP contribution in [-0.4, -0.2) is 31.2 Å². The second kappa shape index (κ2) is 5.36. The first-order chi connectivity index (χ1) is 8.23. The van der Waals surface area contributed by atoms with Gasteiger partial charge in [-0.1, -0.05) is 6.42 Å². The van der Waals surface area contributed by atoms with Crippen molar-refractivity contribution < 1.29 is 9.53 Å². The second-order valence-electron chi connectivity index (χ2n) is 5.28. The van der Waals surface area contributed by atoms with E-state index in [1.165, 1.54) is 19.3 Å². The molecule has 0 radical (unpaired) electrons. The minimum Gasteiger partial charge on any atom is -0.378 e. The zero-order valence-electron chi connectivity index (χ0n) is 10.7. The van der Waals surface area contributed by atoms with Gasteiger partial charge >= 0.3 is 0 Å². The summed E-state index contributed by atoms with van der Waals surface area (Å²) < 4.78 is 5.76. The maximum absolute atomic E-state index is 11.7. The van der Waals surface area contributed by atoms with E-state index in [1.54, 1.807) is 0 Å². The van der Waals surface area contributed by atoms with Crippen molar-refractivity contribution >= 4 is 5.91 Å². The van der Waals surface area contributed by atoms with Gasteiger partial charge in [0.2, 0.25) is 5.91 Å². The van der Waals surface area contributed by atoms with E-state index in [-0.39, 0.29) is 11.3 Å². The molecule has 2 rings (SSSR count). The van der Waals surface area contributed by atoms with E-state index in [0.717, 1.165) is 19.4 Å². The Hall–Kier alpha value is -0.610. The Morgan fingerprint density at radius 3 is 2.82 bits per heavy atom. The van der Waals surface area contributed by atoms with Gasteiger partial charge in [0.25, 0.3) is 0 Å². The number of nitrogens with one attached hydrogen (secondary N) is 1. The number of hydrogen-bond donors (Lipinski definition) is 2. The molecule has 1 spiro atoms. The van der Waals surface area contributed by atoms with E-state index in [0.29, 0.717) is 25.1 Å². The van der Waals surface area contributed by atoms with Crippen molar-refractivity contribution in [3.05, 3.63) is 0 Å². The zero-order chi connectivity index (χ0) is 12.3. The van der Waals surface area contributed by atoms with Crippen molar-refractivity contribution in [3.8, 4) is 0 Å². The minimum absolute atomic E-state index is 0.154. The van der Waals surface area contributed by atoms with Gasteiger partial charge in [0.15, 0.2) is 0 Å². The summed E-state index contributed by atoms with van der Waals surface area (Å²) in [5, 5.41) is 3.16. The SMILES string of the molecule is CCOC1CC(NC(=O)CCCN)C12CCC2. The van der Waals surface area contributed by atoms with Crippen LogP contribution in [0.5, 0.6) is 0 Å². The molecule has 0 aromatic heterocycles. The van der Waals surface area contributed by atoms with Crippen molar-refractivity contribution in [2.24, 2.45) is 11.1 Å². The largest absolute Gasteiger partial charge is 0.378 e. The summed E-state index contributed by atoms with van der Waals surface area (Å²) in [6.45, 7) is 3.41. The Labute approximate surface area is 103 Å². The Bertz CT molecular complexity index is 277. The quantitative estimate of drug-likeness (QED) is 0.733. The third-order valence-electron chi connectivity index (χ3n) is 4.38. The lowest BCUT2D eigenvalue weighted by Gasteiger charge is -2.61. The third-order valence-corrected chi connectivity index (χ3v) is 4.38. The smallest absolute Gasteiger partial charge is 0.220 e. The van der Waals surface area contributed by atoms with Gasteiger partial charge in [-0.15, -0.1) is 0 Å².